The lowest BCUT2D eigenvalue weighted by Crippen LogP contribution is -2.56. The van der Waals surface area contributed by atoms with E-state index in [2.05, 4.69) is 56.4 Å². The number of carbonyl (C=O) groups excluding carboxylic acids is 1. The zero-order chi connectivity index (χ0) is 18.4. The Balaban J connectivity index is 1.63. The quantitative estimate of drug-likeness (QED) is 0.798. The molecule has 1 aromatic heterocycles. The van der Waals surface area contributed by atoms with Gasteiger partial charge >= 0.3 is 6.03 Å². The normalized spacial score (nSPS) is 25.2. The van der Waals surface area contributed by atoms with Crippen molar-refractivity contribution in [1.29, 1.82) is 0 Å². The number of nitrogens with one attached hydrogen (secondary N) is 2. The molecule has 2 heterocycles. The van der Waals surface area contributed by atoms with Gasteiger partial charge in [-0.3, -0.25) is 0 Å². The van der Waals surface area contributed by atoms with E-state index in [-0.39, 0.29) is 12.1 Å². The Hall–Kier alpha value is -1.53. The van der Waals surface area contributed by atoms with Crippen LogP contribution in [0.1, 0.15) is 37.3 Å². The molecule has 1 fully saturated rings. The zero-order valence-corrected chi connectivity index (χ0v) is 17.3. The maximum absolute atomic E-state index is 12.5. The highest BCUT2D eigenvalue weighted by molar-refractivity contribution is 9.10. The van der Waals surface area contributed by atoms with E-state index in [4.69, 9.17) is 0 Å². The number of hydrogen-bond donors (Lipinski definition) is 2. The summed E-state index contributed by atoms with van der Waals surface area (Å²) in [5, 5.41) is 4.65. The second-order valence-electron chi connectivity index (χ2n) is 7.56. The first-order valence-corrected chi connectivity index (χ1v) is 10.4. The molecule has 140 valence electrons. The van der Waals surface area contributed by atoms with Crippen LogP contribution in [0.5, 0.6) is 0 Å². The smallest absolute Gasteiger partial charge is 0.317 e. The molecule has 6 heteroatoms. The van der Waals surface area contributed by atoms with Gasteiger partial charge in [-0.15, -0.1) is 0 Å². The Morgan fingerprint density at radius 2 is 2.15 bits per heavy atom. The molecule has 1 saturated heterocycles. The fourth-order valence-electron chi connectivity index (χ4n) is 4.87. The van der Waals surface area contributed by atoms with Crippen LogP contribution in [-0.2, 0) is 6.42 Å². The van der Waals surface area contributed by atoms with Crippen LogP contribution in [0.2, 0.25) is 0 Å². The molecule has 5 nitrogen and oxygen atoms in total. The molecule has 1 aliphatic heterocycles. The largest absolute Gasteiger partial charge is 0.349 e. The molecule has 2 N–H and O–H groups in total. The Morgan fingerprint density at radius 3 is 2.88 bits per heavy atom. The Bertz CT molecular complexity index is 829. The van der Waals surface area contributed by atoms with Crippen molar-refractivity contribution in [3.63, 3.8) is 0 Å². The zero-order valence-electron chi connectivity index (χ0n) is 15.7. The minimum atomic E-state index is 0.0611. The molecule has 3 atom stereocenters. The van der Waals surface area contributed by atoms with Gasteiger partial charge in [-0.1, -0.05) is 12.1 Å². The summed E-state index contributed by atoms with van der Waals surface area (Å²) >= 11 is 3.71. The van der Waals surface area contributed by atoms with E-state index in [1.54, 1.807) is 0 Å². The van der Waals surface area contributed by atoms with Crippen LogP contribution in [0, 0.1) is 0 Å². The topological polar surface area (TPSA) is 51.4 Å². The van der Waals surface area contributed by atoms with Crippen molar-refractivity contribution in [1.82, 2.24) is 20.1 Å². The van der Waals surface area contributed by atoms with Gasteiger partial charge in [0.2, 0.25) is 0 Å². The van der Waals surface area contributed by atoms with Gasteiger partial charge in [-0.2, -0.15) is 0 Å². The van der Waals surface area contributed by atoms with Crippen molar-refractivity contribution in [3.05, 3.63) is 33.9 Å². The van der Waals surface area contributed by atoms with E-state index in [0.29, 0.717) is 12.0 Å². The molecule has 26 heavy (non-hydrogen) atoms. The molecular formula is C20H27BrN4O. The number of hydrogen-bond acceptors (Lipinski definition) is 2. The number of likely N-dealkylation sites (tertiary alicyclic amines) is 1. The molecule has 0 unspecified atom stereocenters. The summed E-state index contributed by atoms with van der Waals surface area (Å²) in [6, 6.07) is 7.30. The third-order valence-electron chi connectivity index (χ3n) is 6.18. The summed E-state index contributed by atoms with van der Waals surface area (Å²) in [7, 11) is 2.19. The third-order valence-corrected chi connectivity index (χ3v) is 6.85. The molecule has 4 rings (SSSR count). The molecule has 2 amide bonds. The van der Waals surface area contributed by atoms with E-state index in [1.807, 2.05) is 18.7 Å². The summed E-state index contributed by atoms with van der Waals surface area (Å²) in [4.78, 5) is 20.3. The van der Waals surface area contributed by atoms with Crippen molar-refractivity contribution in [2.45, 2.75) is 44.7 Å². The number of aromatic amines is 1. The van der Waals surface area contributed by atoms with Crippen LogP contribution in [0.25, 0.3) is 10.9 Å². The van der Waals surface area contributed by atoms with Crippen molar-refractivity contribution in [2.24, 2.45) is 0 Å². The molecular weight excluding hydrogens is 392 g/mol. The van der Waals surface area contributed by atoms with Crippen molar-refractivity contribution >= 4 is 32.9 Å². The number of likely N-dealkylation sites (N-methyl/N-ethyl adjacent to an activating group) is 1. The van der Waals surface area contributed by atoms with Gasteiger partial charge in [0.05, 0.1) is 4.60 Å². The molecule has 2 aromatic rings. The number of amides is 2. The molecule has 0 bridgehead atoms. The minimum Gasteiger partial charge on any atom is -0.349 e. The Morgan fingerprint density at radius 1 is 1.38 bits per heavy atom. The molecule has 0 saturated carbocycles. The number of halogens is 1. The molecule has 0 spiro atoms. The number of aromatic nitrogens is 1. The van der Waals surface area contributed by atoms with Gasteiger partial charge in [0, 0.05) is 48.5 Å². The SMILES string of the molecule is CCN(CC)C(=O)N[C@H]1C[C@@H]2c3cccc4[nH]c(Br)c(c34)C[C@H]2N(C)C1. The average molecular weight is 419 g/mol. The summed E-state index contributed by atoms with van der Waals surface area (Å²) in [6.07, 6.45) is 2.05. The predicted molar refractivity (Wildman–Crippen MR) is 109 cm³/mol. The van der Waals surface area contributed by atoms with Crippen LogP contribution < -0.4 is 5.32 Å². The van der Waals surface area contributed by atoms with E-state index >= 15 is 0 Å². The third kappa shape index (κ3) is 2.83. The van der Waals surface area contributed by atoms with E-state index in [9.17, 15) is 4.79 Å². The number of urea groups is 1. The Kier molecular flexibility index (Phi) is 4.73. The lowest BCUT2D eigenvalue weighted by molar-refractivity contribution is 0.124. The van der Waals surface area contributed by atoms with E-state index in [0.717, 1.165) is 37.1 Å². The summed E-state index contributed by atoms with van der Waals surface area (Å²) < 4.78 is 1.11. The first-order valence-electron chi connectivity index (χ1n) is 9.58. The number of piperidine rings is 1. The van der Waals surface area contributed by atoms with Gasteiger partial charge in [-0.05, 0) is 66.9 Å². The van der Waals surface area contributed by atoms with Crippen LogP contribution in [0.4, 0.5) is 4.79 Å². The monoisotopic (exact) mass is 418 g/mol. The maximum Gasteiger partial charge on any atom is 0.317 e. The summed E-state index contributed by atoms with van der Waals surface area (Å²) in [5.41, 5.74) is 4.03. The van der Waals surface area contributed by atoms with E-state index in [1.165, 1.54) is 22.0 Å². The van der Waals surface area contributed by atoms with Gasteiger partial charge in [0.15, 0.2) is 0 Å². The van der Waals surface area contributed by atoms with Crippen LogP contribution >= 0.6 is 15.9 Å². The second kappa shape index (κ2) is 6.89. The van der Waals surface area contributed by atoms with Crippen LogP contribution in [0.15, 0.2) is 22.8 Å². The maximum atomic E-state index is 12.5. The van der Waals surface area contributed by atoms with Crippen LogP contribution in [0.3, 0.4) is 0 Å². The first-order chi connectivity index (χ1) is 12.5. The standard InChI is InChI=1S/C20H27BrN4O/c1-4-25(5-2)20(26)22-12-9-14-13-7-6-8-16-18(13)15(19(21)23-16)10-17(14)24(3)11-12/h6-8,12,14,17,23H,4-5,9-11H2,1-3H3,(H,22,26)/t12-,14+,17+/m0/s1. The lowest BCUT2D eigenvalue weighted by atomic mass is 9.74. The average Bonchev–Trinajstić information content (AvgIpc) is 2.94. The highest BCUT2D eigenvalue weighted by Gasteiger charge is 2.40. The van der Waals surface area contributed by atoms with Gasteiger partial charge in [-0.25, -0.2) is 4.79 Å². The van der Waals surface area contributed by atoms with Gasteiger partial charge in [0.1, 0.15) is 0 Å². The summed E-state index contributed by atoms with van der Waals surface area (Å²) in [5.74, 6) is 0.453. The Labute approximate surface area is 163 Å². The minimum absolute atomic E-state index is 0.0611. The lowest BCUT2D eigenvalue weighted by Gasteiger charge is -2.46. The number of rotatable bonds is 3. The number of fused-ring (bicyclic) bond motifs is 2. The van der Waals surface area contributed by atoms with Crippen LogP contribution in [-0.4, -0.2) is 59.6 Å². The van der Waals surface area contributed by atoms with Crippen molar-refractivity contribution in [2.75, 3.05) is 26.7 Å². The highest BCUT2D eigenvalue weighted by Crippen LogP contribution is 2.45. The number of carbonyl (C=O) groups is 1. The van der Waals surface area contributed by atoms with Gasteiger partial charge in [0.25, 0.3) is 0 Å². The highest BCUT2D eigenvalue weighted by atomic mass is 79.9. The van der Waals surface area contributed by atoms with E-state index < -0.39 is 0 Å². The number of H-pyrrole nitrogens is 1. The molecule has 1 aromatic carbocycles. The fraction of sp³-hybridized carbons (Fsp3) is 0.550. The van der Waals surface area contributed by atoms with Gasteiger partial charge < -0.3 is 20.1 Å². The predicted octanol–water partition coefficient (Wildman–Crippen LogP) is 3.69. The first kappa shape index (κ1) is 17.9. The molecule has 1 aliphatic carbocycles. The number of benzene rings is 1. The van der Waals surface area contributed by atoms with Crippen molar-refractivity contribution in [3.8, 4) is 0 Å². The fourth-order valence-corrected chi connectivity index (χ4v) is 5.44. The molecule has 2 aliphatic rings. The number of nitrogens with zero attached hydrogens (tertiary/aromatic N) is 2. The summed E-state index contributed by atoms with van der Waals surface area (Å²) in [6.45, 7) is 6.45. The molecule has 0 radical (unpaired) electrons. The van der Waals surface area contributed by atoms with Crippen molar-refractivity contribution < 1.29 is 4.79 Å². The second-order valence-corrected chi connectivity index (χ2v) is 8.35.